The zero-order valence-corrected chi connectivity index (χ0v) is 81.9. The fourth-order valence-corrected chi connectivity index (χ4v) is 9.63. The average Bonchev–Trinajstić information content (AvgIpc) is 1.82. The number of rotatable bonds is 0. The molecule has 700 valence electrons. The van der Waals surface area contributed by atoms with Crippen LogP contribution in [0.2, 0.25) is 0 Å². The summed E-state index contributed by atoms with van der Waals surface area (Å²) in [5.74, 6) is 4.28. The van der Waals surface area contributed by atoms with Gasteiger partial charge in [0.2, 0.25) is 0 Å². The molecule has 0 radical (unpaired) electrons. The van der Waals surface area contributed by atoms with Gasteiger partial charge in [-0.05, 0) is 245 Å². The van der Waals surface area contributed by atoms with E-state index in [9.17, 15) is 0 Å². The van der Waals surface area contributed by atoms with Gasteiger partial charge in [-0.2, -0.15) is 10.2 Å². The van der Waals surface area contributed by atoms with Crippen molar-refractivity contribution in [3.8, 4) is 0 Å². The maximum atomic E-state index is 4.83. The summed E-state index contributed by atoms with van der Waals surface area (Å²) in [5, 5.41) is 12.5. The van der Waals surface area contributed by atoms with Crippen molar-refractivity contribution in [1.29, 1.82) is 0 Å². The second-order valence-corrected chi connectivity index (χ2v) is 30.4. The van der Waals surface area contributed by atoms with Crippen molar-refractivity contribution in [3.05, 3.63) is 484 Å². The number of aromatic nitrogens is 15. The SMILES string of the molecule is C.C.CC1=CCC=C1.CC1=CCC=C1.CC1=CCC=C1.CC1=CCC=N1.Cc1ccccc1.Cc1ccccc1.Cc1ccccn1.Cc1ccccn1.Cc1cccn1C.Cc1cccnc1.Cc1cccnn1.Cc1ccco1.Cc1cccs1.Cc1ccoc1.Cc1cnccn1.Cc1ncccn1.Cc1nccn1C.Cc1ncco1.Cc1ncco1.Cc1nccs1. The third kappa shape index (κ3) is 78.1. The van der Waals surface area contributed by atoms with Gasteiger partial charge < -0.3 is 26.8 Å². The molecule has 20 nitrogen and oxygen atoms in total. The molecule has 0 amide bonds. The normalized spacial score (nSPS) is 10.5. The lowest BCUT2D eigenvalue weighted by molar-refractivity contribution is 0.521. The first kappa shape index (κ1) is 120. The van der Waals surface area contributed by atoms with E-state index >= 15 is 0 Å². The van der Waals surface area contributed by atoms with E-state index in [0.29, 0.717) is 0 Å². The van der Waals surface area contributed by atoms with E-state index in [4.69, 9.17) is 17.7 Å². The molecule has 0 unspecified atom stereocenters. The number of hydrogen-bond donors (Lipinski definition) is 0. The average molecular weight is 1820 g/mol. The number of aliphatic imine (C=N–C) groups is 1. The van der Waals surface area contributed by atoms with Crippen molar-refractivity contribution in [2.45, 2.75) is 179 Å². The molecule has 2 aromatic carbocycles. The molecule has 132 heavy (non-hydrogen) atoms. The fraction of sp³-hybridized carbons (Fsp3) is 0.255. The quantitative estimate of drug-likeness (QED) is 0.137. The molecular formula is C110H144N16O4S2. The van der Waals surface area contributed by atoms with Gasteiger partial charge in [0.05, 0.1) is 47.6 Å². The van der Waals surface area contributed by atoms with Crippen LogP contribution in [-0.4, -0.2) is 80.4 Å². The van der Waals surface area contributed by atoms with Crippen LogP contribution >= 0.6 is 22.7 Å². The zero-order chi connectivity index (χ0) is 95.5. The highest BCUT2D eigenvalue weighted by atomic mass is 32.1. The van der Waals surface area contributed by atoms with Gasteiger partial charge in [0.25, 0.3) is 0 Å². The molecule has 1 aliphatic heterocycles. The number of pyridine rings is 3. The Bertz CT molecular complexity index is 4500. The van der Waals surface area contributed by atoms with E-state index in [1.54, 1.807) is 154 Å². The highest BCUT2D eigenvalue weighted by Gasteiger charge is 1.91. The number of oxazole rings is 2. The standard InChI is InChI=1S/2C7H8.C6H9N.3C6H7N.3C6H8.C5H8N2.3C5H6N2.C5H7N.2C5H6O.C5H6S.2C4H5NO.C4H5NS.2CH4/c2*1-7-5-3-2-4-6-7;1-6-4-3-5-7(6)2;1-6-3-2-4-7-5-6;2*1-6-4-2-3-5-7-6;3*1-6-4-2-3-5-6;1-5-6-3-4-7(5)2;1-5-4-6-2-3-7-5;1-5-6-3-2-4-7-5;1-5-3-2-4-6-7-5;1-5-3-2-4-6-5;1-5-2-3-6-4-5;2*1-5-3-2-4-6-5;3*1-4-5-2-3-6-4;;/h2*2-6H,1H3;3-5H,1-2H3;3*2-5H,1H3;3*2,4-5H,3H2,1H3;3-4H,1-2H3;3*2-4H,1H3;3-4H,2H2,1H3;3*2-4H,1H3;3*2-3H,1H3;2*1H4. The smallest absolute Gasteiger partial charge is 0.190 e. The van der Waals surface area contributed by atoms with Crippen molar-refractivity contribution >= 4 is 28.9 Å². The highest BCUT2D eigenvalue weighted by molar-refractivity contribution is 7.09. The first-order valence-corrected chi connectivity index (χ1v) is 44.1. The Morgan fingerprint density at radius 3 is 1.02 bits per heavy atom. The maximum absolute atomic E-state index is 4.83. The molecule has 0 fully saturated rings. The number of furan rings is 2. The minimum atomic E-state index is 0. The van der Waals surface area contributed by atoms with Crippen molar-refractivity contribution in [2.75, 3.05) is 0 Å². The molecule has 0 saturated heterocycles. The van der Waals surface area contributed by atoms with Crippen LogP contribution in [0.3, 0.4) is 0 Å². The highest BCUT2D eigenvalue weighted by Crippen LogP contribution is 2.09. The van der Waals surface area contributed by atoms with Gasteiger partial charge in [-0.25, -0.2) is 24.9 Å². The minimum absolute atomic E-state index is 0. The van der Waals surface area contributed by atoms with Gasteiger partial charge in [-0.15, -0.1) is 22.7 Å². The number of thiophene rings is 1. The summed E-state index contributed by atoms with van der Waals surface area (Å²) in [6.45, 7) is 39.8. The molecule has 0 atom stereocenters. The number of benzene rings is 2. The van der Waals surface area contributed by atoms with E-state index in [2.05, 4.69) is 232 Å². The summed E-state index contributed by atoms with van der Waals surface area (Å²) in [6.07, 6.45) is 64.3. The van der Waals surface area contributed by atoms with Gasteiger partial charge in [-0.3, -0.25) is 34.9 Å². The van der Waals surface area contributed by atoms with Crippen LogP contribution in [0.4, 0.5) is 0 Å². The molecule has 0 spiro atoms. The number of nitrogens with zero attached hydrogens (tertiary/aromatic N) is 16. The van der Waals surface area contributed by atoms with Gasteiger partial charge >= 0.3 is 0 Å². The van der Waals surface area contributed by atoms with Gasteiger partial charge in [-0.1, -0.05) is 188 Å². The number of aryl methyl sites for hydroxylation is 18. The lowest BCUT2D eigenvalue weighted by atomic mass is 10.2. The fourth-order valence-electron chi connectivity index (χ4n) is 8.66. The van der Waals surface area contributed by atoms with Crippen LogP contribution < -0.4 is 0 Å². The van der Waals surface area contributed by atoms with E-state index < -0.39 is 0 Å². The topological polar surface area (TPSA) is 242 Å². The largest absolute Gasteiger partial charge is 0.472 e. The third-order valence-corrected chi connectivity index (χ3v) is 17.5. The zero-order valence-electron chi connectivity index (χ0n) is 80.2. The molecule has 0 bridgehead atoms. The summed E-state index contributed by atoms with van der Waals surface area (Å²) in [6, 6.07) is 55.7. The molecule has 0 N–H and O–H groups in total. The van der Waals surface area contributed by atoms with Crippen LogP contribution in [0.15, 0.2) is 417 Å². The summed E-state index contributed by atoms with van der Waals surface area (Å²) < 4.78 is 23.0. The summed E-state index contributed by atoms with van der Waals surface area (Å²) >= 11 is 3.44. The van der Waals surface area contributed by atoms with E-state index in [1.165, 1.54) is 49.5 Å². The summed E-state index contributed by atoms with van der Waals surface area (Å²) in [4.78, 5) is 48.1. The Balaban J connectivity index is 0. The van der Waals surface area contributed by atoms with Crippen LogP contribution in [-0.2, 0) is 14.1 Å². The second kappa shape index (κ2) is 82.5. The number of hydrogen-bond acceptors (Lipinski definition) is 20. The Hall–Kier alpha value is -14.2. The molecule has 15 heterocycles. The van der Waals surface area contributed by atoms with E-state index in [-0.39, 0.29) is 14.9 Å². The molecule has 20 rings (SSSR count). The van der Waals surface area contributed by atoms with Gasteiger partial charge in [0.15, 0.2) is 11.8 Å². The first-order chi connectivity index (χ1) is 62.7. The molecule has 14 aromatic heterocycles. The number of thiazole rings is 1. The van der Waals surface area contributed by atoms with Crippen LogP contribution in [0.5, 0.6) is 0 Å². The van der Waals surface area contributed by atoms with Gasteiger partial charge in [0, 0.05) is 160 Å². The van der Waals surface area contributed by atoms with Crippen molar-refractivity contribution in [2.24, 2.45) is 19.1 Å². The van der Waals surface area contributed by atoms with Crippen LogP contribution in [0.1, 0.15) is 158 Å². The molecule has 3 aliphatic carbocycles. The molecule has 22 heteroatoms. The Kier molecular flexibility index (Phi) is 74.9. The molecule has 0 saturated carbocycles. The maximum Gasteiger partial charge on any atom is 0.190 e. The molecule has 4 aliphatic rings. The van der Waals surface area contributed by atoms with E-state index in [0.717, 1.165) is 88.4 Å². The number of imidazole rings is 1. The van der Waals surface area contributed by atoms with Crippen LogP contribution in [0, 0.1) is 111 Å². The van der Waals surface area contributed by atoms with Crippen LogP contribution in [0.25, 0.3) is 0 Å². The predicted octanol–water partition coefficient (Wildman–Crippen LogP) is 29.5. The monoisotopic (exact) mass is 1820 g/mol. The second-order valence-electron chi connectivity index (χ2n) is 28.2. The van der Waals surface area contributed by atoms with Gasteiger partial charge in [0.1, 0.15) is 29.9 Å². The summed E-state index contributed by atoms with van der Waals surface area (Å²) in [5.41, 5.74) is 15.7. The predicted molar refractivity (Wildman–Crippen MR) is 556 cm³/mol. The summed E-state index contributed by atoms with van der Waals surface area (Å²) in [7, 11) is 4.01. The Labute approximate surface area is 797 Å². The Morgan fingerprint density at radius 1 is 0.333 bits per heavy atom. The van der Waals surface area contributed by atoms with Crippen molar-refractivity contribution < 1.29 is 17.7 Å². The van der Waals surface area contributed by atoms with Crippen molar-refractivity contribution in [1.82, 2.24) is 74.2 Å². The third-order valence-electron chi connectivity index (χ3n) is 16.0. The van der Waals surface area contributed by atoms with E-state index in [1.807, 2.05) is 246 Å². The first-order valence-electron chi connectivity index (χ1n) is 42.3. The lowest BCUT2D eigenvalue weighted by Crippen LogP contribution is -1.86. The molecular weight excluding hydrogens is 1670 g/mol. The molecule has 16 aromatic rings. The lowest BCUT2D eigenvalue weighted by Gasteiger charge is -1.89. The van der Waals surface area contributed by atoms with Crippen molar-refractivity contribution in [3.63, 3.8) is 0 Å². The number of allylic oxidation sites excluding steroid dienone is 14. The minimum Gasteiger partial charge on any atom is -0.472 e. The Morgan fingerprint density at radius 2 is 0.864 bits per heavy atom.